The van der Waals surface area contributed by atoms with Crippen LogP contribution in [0.25, 0.3) is 0 Å². The lowest BCUT2D eigenvalue weighted by Gasteiger charge is -2.34. The Labute approximate surface area is 112 Å². The monoisotopic (exact) mass is 274 g/mol. The number of hydrogen-bond acceptors (Lipinski definition) is 3. The fourth-order valence-electron chi connectivity index (χ4n) is 2.30. The summed E-state index contributed by atoms with van der Waals surface area (Å²) in [6, 6.07) is 0. The summed E-state index contributed by atoms with van der Waals surface area (Å²) in [5.74, 6) is -0.701. The lowest BCUT2D eigenvalue weighted by Crippen LogP contribution is -2.39. The van der Waals surface area contributed by atoms with Crippen LogP contribution in [-0.4, -0.2) is 29.3 Å². The molecule has 1 aliphatic rings. The minimum absolute atomic E-state index is 0.0170. The molecule has 0 radical (unpaired) electrons. The van der Waals surface area contributed by atoms with E-state index in [1.165, 1.54) is 13.2 Å². The first kappa shape index (κ1) is 15.0. The number of methoxy groups -OCH3 is 1. The number of hydrogen-bond donors (Lipinski definition) is 1. The smallest absolute Gasteiger partial charge is 0.310 e. The summed E-state index contributed by atoms with van der Waals surface area (Å²) in [5, 5.41) is 9.34. The molecule has 1 rings (SSSR count). The van der Waals surface area contributed by atoms with Crippen LogP contribution in [-0.2, 0) is 14.3 Å². The van der Waals surface area contributed by atoms with Crippen LogP contribution in [0.4, 0.5) is 0 Å². The van der Waals surface area contributed by atoms with Gasteiger partial charge in [-0.2, -0.15) is 0 Å². The van der Waals surface area contributed by atoms with Crippen molar-refractivity contribution in [2.24, 2.45) is 11.3 Å². The van der Waals surface area contributed by atoms with E-state index in [2.05, 4.69) is 0 Å². The third-order valence-corrected chi connectivity index (χ3v) is 3.99. The molecule has 0 fully saturated rings. The molecule has 0 saturated carbocycles. The summed E-state index contributed by atoms with van der Waals surface area (Å²) in [6.07, 6.45) is 2.02. The Kier molecular flexibility index (Phi) is 4.79. The normalized spacial score (nSPS) is 27.3. The lowest BCUT2D eigenvalue weighted by atomic mass is 9.70. The quantitative estimate of drug-likeness (QED) is 0.783. The highest BCUT2D eigenvalue weighted by Crippen LogP contribution is 2.42. The first-order chi connectivity index (χ1) is 8.30. The zero-order valence-corrected chi connectivity index (χ0v) is 11.7. The van der Waals surface area contributed by atoms with Crippen LogP contribution in [0.15, 0.2) is 11.8 Å². The molecule has 3 atom stereocenters. The number of alkyl halides is 1. The van der Waals surface area contributed by atoms with Gasteiger partial charge in [-0.3, -0.25) is 9.59 Å². The fraction of sp³-hybridized carbons (Fsp3) is 0.692. The molecule has 5 heteroatoms. The first-order valence-electron chi connectivity index (χ1n) is 5.95. The molecule has 18 heavy (non-hydrogen) atoms. The molecule has 0 aliphatic heterocycles. The predicted octanol–water partition coefficient (Wildman–Crippen LogP) is 2.60. The minimum atomic E-state index is -1.08. The maximum Gasteiger partial charge on any atom is 0.310 e. The zero-order chi connectivity index (χ0) is 13.9. The summed E-state index contributed by atoms with van der Waals surface area (Å²) in [4.78, 5) is 23.2. The number of allylic oxidation sites excluding steroid dienone is 2. The molecule has 0 aromatic heterocycles. The summed E-state index contributed by atoms with van der Waals surface area (Å²) < 4.78 is 5.05. The highest BCUT2D eigenvalue weighted by atomic mass is 35.5. The summed E-state index contributed by atoms with van der Waals surface area (Å²) in [7, 11) is 1.45. The maximum atomic E-state index is 11.7. The Morgan fingerprint density at radius 2 is 2.17 bits per heavy atom. The number of carboxylic acids is 1. The molecule has 0 aromatic carbocycles. The number of carbonyl (C=O) groups is 2. The van der Waals surface area contributed by atoms with Gasteiger partial charge < -0.3 is 9.84 Å². The van der Waals surface area contributed by atoms with E-state index >= 15 is 0 Å². The third-order valence-electron chi connectivity index (χ3n) is 3.56. The van der Waals surface area contributed by atoms with E-state index in [4.69, 9.17) is 16.3 Å². The third kappa shape index (κ3) is 3.25. The van der Waals surface area contributed by atoms with Crippen molar-refractivity contribution in [3.63, 3.8) is 0 Å². The topological polar surface area (TPSA) is 63.6 Å². The predicted molar refractivity (Wildman–Crippen MR) is 68.5 cm³/mol. The van der Waals surface area contributed by atoms with E-state index in [0.29, 0.717) is 12.2 Å². The van der Waals surface area contributed by atoms with Crippen molar-refractivity contribution in [3.05, 3.63) is 11.8 Å². The van der Waals surface area contributed by atoms with Crippen LogP contribution in [0.1, 0.15) is 33.1 Å². The Hall–Kier alpha value is -1.03. The summed E-state index contributed by atoms with van der Waals surface area (Å²) >= 11 is 6.00. The zero-order valence-electron chi connectivity index (χ0n) is 10.9. The van der Waals surface area contributed by atoms with Crippen molar-refractivity contribution in [1.29, 1.82) is 0 Å². The van der Waals surface area contributed by atoms with E-state index in [9.17, 15) is 14.7 Å². The molecule has 1 aliphatic carbocycles. The molecule has 0 spiro atoms. The van der Waals surface area contributed by atoms with E-state index in [-0.39, 0.29) is 29.9 Å². The van der Waals surface area contributed by atoms with E-state index in [1.54, 1.807) is 0 Å². The fourth-order valence-corrected chi connectivity index (χ4v) is 2.39. The van der Waals surface area contributed by atoms with Gasteiger partial charge in [-0.1, -0.05) is 6.92 Å². The van der Waals surface area contributed by atoms with Gasteiger partial charge in [0.05, 0.1) is 12.5 Å². The van der Waals surface area contributed by atoms with Crippen molar-refractivity contribution in [3.8, 4) is 0 Å². The summed E-state index contributed by atoms with van der Waals surface area (Å²) in [6.45, 7) is 3.73. The average molecular weight is 275 g/mol. The van der Waals surface area contributed by atoms with Crippen LogP contribution in [0.2, 0.25) is 0 Å². The van der Waals surface area contributed by atoms with Crippen LogP contribution in [0.5, 0.6) is 0 Å². The van der Waals surface area contributed by atoms with Crippen LogP contribution < -0.4 is 0 Å². The SMILES string of the molecule is COC1=CC(=O)CC(CC(C)C(C)Cl)(C(=O)O)C1. The van der Waals surface area contributed by atoms with Crippen molar-refractivity contribution in [1.82, 2.24) is 0 Å². The highest BCUT2D eigenvalue weighted by molar-refractivity contribution is 6.20. The molecular formula is C13H19ClO4. The van der Waals surface area contributed by atoms with Crippen molar-refractivity contribution < 1.29 is 19.4 Å². The molecule has 0 aromatic rings. The van der Waals surface area contributed by atoms with Gasteiger partial charge in [-0.05, 0) is 19.3 Å². The molecule has 0 heterocycles. The van der Waals surface area contributed by atoms with E-state index < -0.39 is 11.4 Å². The van der Waals surface area contributed by atoms with Crippen LogP contribution >= 0.6 is 11.6 Å². The van der Waals surface area contributed by atoms with Gasteiger partial charge >= 0.3 is 5.97 Å². The summed E-state index contributed by atoms with van der Waals surface area (Å²) in [5.41, 5.74) is -1.08. The van der Waals surface area contributed by atoms with E-state index in [0.717, 1.165) is 0 Å². The van der Waals surface area contributed by atoms with Crippen LogP contribution in [0, 0.1) is 11.3 Å². The second-order valence-electron chi connectivity index (χ2n) is 5.08. The van der Waals surface area contributed by atoms with Gasteiger partial charge in [0, 0.05) is 24.3 Å². The van der Waals surface area contributed by atoms with Gasteiger partial charge in [0.15, 0.2) is 5.78 Å². The maximum absolute atomic E-state index is 11.7. The molecule has 0 saturated heterocycles. The lowest BCUT2D eigenvalue weighted by molar-refractivity contribution is -0.153. The van der Waals surface area contributed by atoms with Crippen LogP contribution in [0.3, 0.4) is 0 Å². The molecule has 0 amide bonds. The Bertz CT molecular complexity index is 375. The second kappa shape index (κ2) is 5.74. The van der Waals surface area contributed by atoms with Gasteiger partial charge in [-0.25, -0.2) is 0 Å². The number of ether oxygens (including phenoxy) is 1. The molecule has 1 N–H and O–H groups in total. The van der Waals surface area contributed by atoms with Crippen molar-refractivity contribution in [2.75, 3.05) is 7.11 Å². The van der Waals surface area contributed by atoms with Crippen molar-refractivity contribution >= 4 is 23.4 Å². The van der Waals surface area contributed by atoms with Gasteiger partial charge in [-0.15, -0.1) is 11.6 Å². The standard InChI is InChI=1S/C13H19ClO4/c1-8(9(2)14)5-13(12(16)17)6-10(15)4-11(7-13)18-3/h4,8-9H,5-7H2,1-3H3,(H,16,17). The Morgan fingerprint density at radius 1 is 1.56 bits per heavy atom. The average Bonchev–Trinajstić information content (AvgIpc) is 2.27. The number of ketones is 1. The molecule has 4 nitrogen and oxygen atoms in total. The van der Waals surface area contributed by atoms with Gasteiger partial charge in [0.25, 0.3) is 0 Å². The van der Waals surface area contributed by atoms with Gasteiger partial charge in [0.2, 0.25) is 0 Å². The largest absolute Gasteiger partial charge is 0.501 e. The van der Waals surface area contributed by atoms with Crippen molar-refractivity contribution in [2.45, 2.75) is 38.5 Å². The van der Waals surface area contributed by atoms with Gasteiger partial charge in [0.1, 0.15) is 5.76 Å². The first-order valence-corrected chi connectivity index (χ1v) is 6.39. The molecule has 102 valence electrons. The number of aliphatic carboxylic acids is 1. The highest BCUT2D eigenvalue weighted by Gasteiger charge is 2.45. The molecule has 3 unspecified atom stereocenters. The number of rotatable bonds is 5. The Morgan fingerprint density at radius 3 is 2.61 bits per heavy atom. The van der Waals surface area contributed by atoms with E-state index in [1.807, 2.05) is 13.8 Å². The second-order valence-corrected chi connectivity index (χ2v) is 5.77. The Balaban J connectivity index is 2.99. The number of halogens is 1. The number of carboxylic acid groups (broad SMARTS) is 1. The molecular weight excluding hydrogens is 256 g/mol. The minimum Gasteiger partial charge on any atom is -0.501 e. The molecule has 0 bridgehead atoms. The number of carbonyl (C=O) groups excluding carboxylic acids is 1.